The maximum atomic E-state index is 12.1. The predicted molar refractivity (Wildman–Crippen MR) is 82.3 cm³/mol. The van der Waals surface area contributed by atoms with Gasteiger partial charge >= 0.3 is 0 Å². The quantitative estimate of drug-likeness (QED) is 0.776. The SMILES string of the molecule is CCN[C@H](C)CNC(=O)C(CC)Oc1ccccc1Cl. The summed E-state index contributed by atoms with van der Waals surface area (Å²) in [5, 5.41) is 6.64. The Hall–Kier alpha value is -1.26. The van der Waals surface area contributed by atoms with Crippen molar-refractivity contribution in [1.82, 2.24) is 10.6 Å². The third kappa shape index (κ3) is 5.39. The molecule has 0 bridgehead atoms. The van der Waals surface area contributed by atoms with Crippen LogP contribution in [-0.4, -0.2) is 31.1 Å². The van der Waals surface area contributed by atoms with Gasteiger partial charge in [0.15, 0.2) is 6.10 Å². The molecular weight excluding hydrogens is 276 g/mol. The van der Waals surface area contributed by atoms with Gasteiger partial charge in [-0.25, -0.2) is 0 Å². The van der Waals surface area contributed by atoms with E-state index in [4.69, 9.17) is 16.3 Å². The Morgan fingerprint density at radius 1 is 1.35 bits per heavy atom. The van der Waals surface area contributed by atoms with Gasteiger partial charge in [-0.3, -0.25) is 4.79 Å². The maximum Gasteiger partial charge on any atom is 0.261 e. The standard InChI is InChI=1S/C15H23ClN2O2/c1-4-13(15(19)18-10-11(3)17-5-2)20-14-9-7-6-8-12(14)16/h6-9,11,13,17H,4-5,10H2,1-3H3,(H,18,19)/t11-,13?/m1/s1. The summed E-state index contributed by atoms with van der Waals surface area (Å²) >= 11 is 6.03. The minimum absolute atomic E-state index is 0.114. The minimum Gasteiger partial charge on any atom is -0.479 e. The zero-order valence-corrected chi connectivity index (χ0v) is 13.0. The number of ether oxygens (including phenoxy) is 1. The molecule has 1 unspecified atom stereocenters. The molecule has 1 rings (SSSR count). The Bertz CT molecular complexity index is 426. The van der Waals surface area contributed by atoms with Crippen LogP contribution in [0.1, 0.15) is 27.2 Å². The van der Waals surface area contributed by atoms with Crippen LogP contribution in [0.15, 0.2) is 24.3 Å². The fourth-order valence-electron chi connectivity index (χ4n) is 1.80. The molecular formula is C15H23ClN2O2. The van der Waals surface area contributed by atoms with E-state index in [2.05, 4.69) is 10.6 Å². The molecule has 1 amide bonds. The summed E-state index contributed by atoms with van der Waals surface area (Å²) in [6.07, 6.45) is 0.0656. The Kier molecular flexibility index (Phi) is 7.41. The molecule has 0 heterocycles. The van der Waals surface area contributed by atoms with E-state index >= 15 is 0 Å². The van der Waals surface area contributed by atoms with Crippen molar-refractivity contribution in [1.29, 1.82) is 0 Å². The van der Waals surface area contributed by atoms with Gasteiger partial charge in [-0.05, 0) is 32.0 Å². The number of carbonyl (C=O) groups is 1. The van der Waals surface area contributed by atoms with Gasteiger partial charge < -0.3 is 15.4 Å². The normalized spacial score (nSPS) is 13.6. The van der Waals surface area contributed by atoms with Crippen LogP contribution >= 0.6 is 11.6 Å². The Morgan fingerprint density at radius 2 is 2.05 bits per heavy atom. The third-order valence-corrected chi connectivity index (χ3v) is 3.22. The second-order valence-electron chi connectivity index (χ2n) is 4.65. The lowest BCUT2D eigenvalue weighted by Gasteiger charge is -2.19. The number of likely N-dealkylation sites (N-methyl/N-ethyl adjacent to an activating group) is 1. The summed E-state index contributed by atoms with van der Waals surface area (Å²) in [4.78, 5) is 12.1. The Morgan fingerprint density at radius 3 is 2.65 bits per heavy atom. The van der Waals surface area contributed by atoms with Crippen molar-refractivity contribution in [2.24, 2.45) is 0 Å². The number of carbonyl (C=O) groups excluding carboxylic acids is 1. The van der Waals surface area contributed by atoms with Crippen molar-refractivity contribution >= 4 is 17.5 Å². The smallest absolute Gasteiger partial charge is 0.261 e. The molecule has 2 N–H and O–H groups in total. The Balaban J connectivity index is 2.53. The van der Waals surface area contributed by atoms with E-state index in [1.807, 2.05) is 32.9 Å². The van der Waals surface area contributed by atoms with Crippen LogP contribution in [0.4, 0.5) is 0 Å². The van der Waals surface area contributed by atoms with Crippen molar-refractivity contribution < 1.29 is 9.53 Å². The number of benzene rings is 1. The molecule has 0 saturated carbocycles. The number of nitrogens with one attached hydrogen (secondary N) is 2. The van der Waals surface area contributed by atoms with Gasteiger partial charge in [0.25, 0.3) is 5.91 Å². The predicted octanol–water partition coefficient (Wildman–Crippen LogP) is 2.61. The molecule has 20 heavy (non-hydrogen) atoms. The lowest BCUT2D eigenvalue weighted by molar-refractivity contribution is -0.128. The largest absolute Gasteiger partial charge is 0.479 e. The van der Waals surface area contributed by atoms with Gasteiger partial charge in [0, 0.05) is 12.6 Å². The summed E-state index contributed by atoms with van der Waals surface area (Å²) in [6, 6.07) is 7.41. The van der Waals surface area contributed by atoms with Crippen LogP contribution in [0.5, 0.6) is 5.75 Å². The zero-order valence-electron chi connectivity index (χ0n) is 12.3. The van der Waals surface area contributed by atoms with Crippen molar-refractivity contribution in [2.45, 2.75) is 39.3 Å². The van der Waals surface area contributed by atoms with Crippen LogP contribution in [0.2, 0.25) is 5.02 Å². The molecule has 4 nitrogen and oxygen atoms in total. The summed E-state index contributed by atoms with van der Waals surface area (Å²) in [5.41, 5.74) is 0. The second kappa shape index (κ2) is 8.82. The first-order valence-electron chi connectivity index (χ1n) is 7.00. The molecule has 0 aromatic heterocycles. The first-order valence-corrected chi connectivity index (χ1v) is 7.38. The van der Waals surface area contributed by atoms with Gasteiger partial charge in [-0.2, -0.15) is 0 Å². The number of halogens is 1. The van der Waals surface area contributed by atoms with Crippen molar-refractivity contribution in [3.05, 3.63) is 29.3 Å². The van der Waals surface area contributed by atoms with Gasteiger partial charge in [0.1, 0.15) is 5.75 Å². The number of amides is 1. The summed E-state index contributed by atoms with van der Waals surface area (Å²) in [7, 11) is 0. The van der Waals surface area contributed by atoms with E-state index in [9.17, 15) is 4.79 Å². The van der Waals surface area contributed by atoms with E-state index in [-0.39, 0.29) is 11.9 Å². The van der Waals surface area contributed by atoms with Gasteiger partial charge in [-0.15, -0.1) is 0 Å². The van der Waals surface area contributed by atoms with Gasteiger partial charge in [0.05, 0.1) is 5.02 Å². The highest BCUT2D eigenvalue weighted by molar-refractivity contribution is 6.32. The molecule has 2 atom stereocenters. The molecule has 1 aromatic carbocycles. The molecule has 0 saturated heterocycles. The van der Waals surface area contributed by atoms with Gasteiger partial charge in [-0.1, -0.05) is 37.6 Å². The number of rotatable bonds is 8. The summed E-state index contributed by atoms with van der Waals surface area (Å²) in [6.45, 7) is 7.43. The van der Waals surface area contributed by atoms with Crippen LogP contribution in [0.3, 0.4) is 0 Å². The fourth-order valence-corrected chi connectivity index (χ4v) is 1.98. The molecule has 0 fully saturated rings. The van der Waals surface area contributed by atoms with E-state index < -0.39 is 6.10 Å². The van der Waals surface area contributed by atoms with E-state index in [1.165, 1.54) is 0 Å². The monoisotopic (exact) mass is 298 g/mol. The minimum atomic E-state index is -0.524. The molecule has 1 aromatic rings. The molecule has 0 radical (unpaired) electrons. The highest BCUT2D eigenvalue weighted by Crippen LogP contribution is 2.24. The van der Waals surface area contributed by atoms with E-state index in [0.717, 1.165) is 6.54 Å². The van der Waals surface area contributed by atoms with Gasteiger partial charge in [0.2, 0.25) is 0 Å². The van der Waals surface area contributed by atoms with Crippen LogP contribution in [0.25, 0.3) is 0 Å². The highest BCUT2D eigenvalue weighted by Gasteiger charge is 2.19. The third-order valence-electron chi connectivity index (χ3n) is 2.90. The average molecular weight is 299 g/mol. The number of para-hydroxylation sites is 1. The van der Waals surface area contributed by atoms with Crippen molar-refractivity contribution in [3.8, 4) is 5.75 Å². The lowest BCUT2D eigenvalue weighted by Crippen LogP contribution is -2.44. The van der Waals surface area contributed by atoms with Crippen LogP contribution in [0, 0.1) is 0 Å². The highest BCUT2D eigenvalue weighted by atomic mass is 35.5. The molecule has 0 aliphatic rings. The molecule has 0 spiro atoms. The molecule has 112 valence electrons. The fraction of sp³-hybridized carbons (Fsp3) is 0.533. The van der Waals surface area contributed by atoms with Crippen molar-refractivity contribution in [3.63, 3.8) is 0 Å². The maximum absolute atomic E-state index is 12.1. The zero-order chi connectivity index (χ0) is 15.0. The molecule has 0 aliphatic heterocycles. The molecule has 0 aliphatic carbocycles. The first-order chi connectivity index (χ1) is 9.58. The second-order valence-corrected chi connectivity index (χ2v) is 5.06. The summed E-state index contributed by atoms with van der Waals surface area (Å²) < 4.78 is 5.68. The van der Waals surface area contributed by atoms with Crippen LogP contribution in [-0.2, 0) is 4.79 Å². The average Bonchev–Trinajstić information content (AvgIpc) is 2.44. The van der Waals surface area contributed by atoms with Crippen molar-refractivity contribution in [2.75, 3.05) is 13.1 Å². The molecule has 5 heteroatoms. The first kappa shape index (κ1) is 16.8. The summed E-state index contributed by atoms with van der Waals surface area (Å²) in [5.74, 6) is 0.424. The number of hydrogen-bond donors (Lipinski definition) is 2. The van der Waals surface area contributed by atoms with Crippen LogP contribution < -0.4 is 15.4 Å². The van der Waals surface area contributed by atoms with E-state index in [0.29, 0.717) is 23.7 Å². The lowest BCUT2D eigenvalue weighted by atomic mass is 10.2. The Labute approximate surface area is 125 Å². The van der Waals surface area contributed by atoms with E-state index in [1.54, 1.807) is 12.1 Å². The topological polar surface area (TPSA) is 50.4 Å². The number of hydrogen-bond acceptors (Lipinski definition) is 3.